The molecular formula is C29H30F6O6. The summed E-state index contributed by atoms with van der Waals surface area (Å²) in [4.78, 5) is 22.9. The molecule has 0 aromatic heterocycles. The standard InChI is InChI=1S/C29H30F6O6/c1-17(2)25(38)40-15-23(36)13-19-5-9-21(10-6-19)27(28(30,31)32,29(33,34)35)22-11-7-20(8-12-22)14-24(37)16-41-26(39)18(3)4/h5-12,23-24,36-37H,1,3,13-16H2,2,4H3. The Hall–Kier alpha value is -3.64. The van der Waals surface area contributed by atoms with E-state index in [-0.39, 0.29) is 35.1 Å². The van der Waals surface area contributed by atoms with Crippen molar-refractivity contribution in [3.63, 3.8) is 0 Å². The monoisotopic (exact) mass is 588 g/mol. The lowest BCUT2D eigenvalue weighted by molar-refractivity contribution is -0.288. The second kappa shape index (κ2) is 13.3. The molecule has 0 aliphatic carbocycles. The van der Waals surface area contributed by atoms with E-state index in [1.165, 1.54) is 13.8 Å². The van der Waals surface area contributed by atoms with E-state index in [1.54, 1.807) is 0 Å². The lowest BCUT2D eigenvalue weighted by atomic mass is 9.72. The van der Waals surface area contributed by atoms with Gasteiger partial charge in [0.2, 0.25) is 5.41 Å². The summed E-state index contributed by atoms with van der Waals surface area (Å²) < 4.78 is 96.2. The van der Waals surface area contributed by atoms with E-state index in [9.17, 15) is 46.1 Å². The average molecular weight is 589 g/mol. The third kappa shape index (κ3) is 8.20. The molecule has 0 radical (unpaired) electrons. The SMILES string of the molecule is C=C(C)C(=O)OCC(O)Cc1ccc(C(c2ccc(CC(O)COC(=O)C(=C)C)cc2)(C(F)(F)F)C(F)(F)F)cc1. The number of esters is 2. The van der Waals surface area contributed by atoms with Gasteiger partial charge in [-0.15, -0.1) is 0 Å². The minimum Gasteiger partial charge on any atom is -0.460 e. The summed E-state index contributed by atoms with van der Waals surface area (Å²) in [5.74, 6) is -1.52. The Labute approximate surface area is 232 Å². The number of alkyl halides is 6. The van der Waals surface area contributed by atoms with Crippen LogP contribution in [0.5, 0.6) is 0 Å². The van der Waals surface area contributed by atoms with Crippen LogP contribution in [-0.4, -0.2) is 59.9 Å². The molecule has 0 aliphatic heterocycles. The molecule has 2 rings (SSSR count). The van der Waals surface area contributed by atoms with Gasteiger partial charge >= 0.3 is 24.3 Å². The van der Waals surface area contributed by atoms with E-state index in [2.05, 4.69) is 13.2 Å². The van der Waals surface area contributed by atoms with Gasteiger partial charge in [-0.2, -0.15) is 26.3 Å². The predicted octanol–water partition coefficient (Wildman–Crippen LogP) is 5.14. The predicted molar refractivity (Wildman–Crippen MR) is 137 cm³/mol. The molecule has 0 bridgehead atoms. The molecule has 0 aliphatic rings. The maximum absolute atomic E-state index is 14.4. The molecule has 0 saturated carbocycles. The molecule has 41 heavy (non-hydrogen) atoms. The van der Waals surface area contributed by atoms with Crippen molar-refractivity contribution in [1.82, 2.24) is 0 Å². The number of benzene rings is 2. The Bertz CT molecular complexity index is 1130. The topological polar surface area (TPSA) is 93.1 Å². The first-order valence-electron chi connectivity index (χ1n) is 12.2. The van der Waals surface area contributed by atoms with Crippen molar-refractivity contribution < 1.29 is 55.6 Å². The fourth-order valence-electron chi connectivity index (χ4n) is 4.02. The molecular weight excluding hydrogens is 558 g/mol. The molecule has 0 heterocycles. The Morgan fingerprint density at radius 3 is 1.22 bits per heavy atom. The van der Waals surface area contributed by atoms with Gasteiger partial charge in [-0.3, -0.25) is 0 Å². The first-order valence-corrected chi connectivity index (χ1v) is 12.2. The van der Waals surface area contributed by atoms with Crippen LogP contribution in [0, 0.1) is 0 Å². The van der Waals surface area contributed by atoms with Crippen LogP contribution in [0.2, 0.25) is 0 Å². The van der Waals surface area contributed by atoms with Crippen LogP contribution in [-0.2, 0) is 37.3 Å². The third-order valence-electron chi connectivity index (χ3n) is 6.08. The summed E-state index contributed by atoms with van der Waals surface area (Å²) in [5.41, 5.74) is -5.98. The largest absolute Gasteiger partial charge is 0.460 e. The van der Waals surface area contributed by atoms with Gasteiger partial charge in [-0.25, -0.2) is 9.59 Å². The van der Waals surface area contributed by atoms with E-state index in [0.29, 0.717) is 24.3 Å². The van der Waals surface area contributed by atoms with Crippen molar-refractivity contribution in [1.29, 1.82) is 0 Å². The number of hydrogen-bond donors (Lipinski definition) is 2. The Balaban J connectivity index is 2.35. The maximum Gasteiger partial charge on any atom is 0.411 e. The van der Waals surface area contributed by atoms with Crippen molar-refractivity contribution >= 4 is 11.9 Å². The summed E-state index contributed by atoms with van der Waals surface area (Å²) >= 11 is 0. The third-order valence-corrected chi connectivity index (χ3v) is 6.08. The van der Waals surface area contributed by atoms with Gasteiger partial charge < -0.3 is 19.7 Å². The van der Waals surface area contributed by atoms with E-state index in [1.807, 2.05) is 0 Å². The number of ether oxygens (including phenoxy) is 2. The molecule has 2 aromatic carbocycles. The zero-order valence-electron chi connectivity index (χ0n) is 22.3. The Morgan fingerprint density at radius 1 is 0.683 bits per heavy atom. The van der Waals surface area contributed by atoms with E-state index < -0.39 is 66.3 Å². The number of carbonyl (C=O) groups excluding carboxylic acids is 2. The molecule has 0 amide bonds. The molecule has 2 atom stereocenters. The lowest BCUT2D eigenvalue weighted by Crippen LogP contribution is -2.54. The number of aliphatic hydroxyl groups excluding tert-OH is 2. The normalized spacial score (nSPS) is 13.7. The van der Waals surface area contributed by atoms with Crippen molar-refractivity contribution in [2.45, 2.75) is 56.7 Å². The van der Waals surface area contributed by atoms with Gasteiger partial charge in [0.15, 0.2) is 0 Å². The van der Waals surface area contributed by atoms with Gasteiger partial charge in [0, 0.05) is 24.0 Å². The van der Waals surface area contributed by atoms with Crippen LogP contribution in [0.15, 0.2) is 72.8 Å². The zero-order valence-corrected chi connectivity index (χ0v) is 22.3. The van der Waals surface area contributed by atoms with Crippen molar-refractivity contribution in [2.75, 3.05) is 13.2 Å². The second-order valence-corrected chi connectivity index (χ2v) is 9.61. The van der Waals surface area contributed by atoms with Crippen LogP contribution in [0.25, 0.3) is 0 Å². The van der Waals surface area contributed by atoms with Crippen LogP contribution in [0.4, 0.5) is 26.3 Å². The van der Waals surface area contributed by atoms with Gasteiger partial charge in [0.1, 0.15) is 13.2 Å². The zero-order chi connectivity index (χ0) is 31.2. The summed E-state index contributed by atoms with van der Waals surface area (Å²) in [5, 5.41) is 20.1. The summed E-state index contributed by atoms with van der Waals surface area (Å²) in [6, 6.07) is 6.88. The summed E-state index contributed by atoms with van der Waals surface area (Å²) in [6.07, 6.45) is -14.5. The molecule has 0 spiro atoms. The van der Waals surface area contributed by atoms with Crippen LogP contribution in [0.1, 0.15) is 36.1 Å². The molecule has 2 unspecified atom stereocenters. The number of carbonyl (C=O) groups is 2. The quantitative estimate of drug-likeness (QED) is 0.203. The second-order valence-electron chi connectivity index (χ2n) is 9.61. The number of rotatable bonds is 12. The molecule has 0 saturated heterocycles. The number of halogens is 6. The lowest BCUT2D eigenvalue weighted by Gasteiger charge is -2.38. The van der Waals surface area contributed by atoms with E-state index in [0.717, 1.165) is 24.3 Å². The fraction of sp³-hybridized carbons (Fsp3) is 0.379. The highest BCUT2D eigenvalue weighted by atomic mass is 19.4. The highest BCUT2D eigenvalue weighted by Gasteiger charge is 2.72. The van der Waals surface area contributed by atoms with E-state index >= 15 is 0 Å². The first-order chi connectivity index (χ1) is 18.9. The molecule has 224 valence electrons. The van der Waals surface area contributed by atoms with Crippen LogP contribution >= 0.6 is 0 Å². The van der Waals surface area contributed by atoms with E-state index in [4.69, 9.17) is 9.47 Å². The van der Waals surface area contributed by atoms with Gasteiger partial charge in [-0.05, 0) is 36.1 Å². The smallest absolute Gasteiger partial charge is 0.411 e. The average Bonchev–Trinajstić information content (AvgIpc) is 2.86. The number of aliphatic hydroxyl groups is 2. The number of hydrogen-bond acceptors (Lipinski definition) is 6. The van der Waals surface area contributed by atoms with Gasteiger partial charge in [-0.1, -0.05) is 61.7 Å². The van der Waals surface area contributed by atoms with Crippen molar-refractivity contribution in [3.05, 3.63) is 95.1 Å². The first kappa shape index (κ1) is 33.6. The fourth-order valence-corrected chi connectivity index (χ4v) is 4.02. The molecule has 6 nitrogen and oxygen atoms in total. The van der Waals surface area contributed by atoms with Crippen molar-refractivity contribution in [2.24, 2.45) is 0 Å². The van der Waals surface area contributed by atoms with Crippen molar-refractivity contribution in [3.8, 4) is 0 Å². The molecule has 12 heteroatoms. The summed E-state index contributed by atoms with van der Waals surface area (Å²) in [6.45, 7) is 8.65. The Morgan fingerprint density at radius 2 is 0.976 bits per heavy atom. The minimum absolute atomic E-state index is 0.0884. The minimum atomic E-state index is -5.80. The van der Waals surface area contributed by atoms with Crippen LogP contribution < -0.4 is 0 Å². The highest BCUT2D eigenvalue weighted by molar-refractivity contribution is 5.87. The Kier molecular flexibility index (Phi) is 10.9. The molecule has 2 N–H and O–H groups in total. The van der Waals surface area contributed by atoms with Gasteiger partial charge in [0.25, 0.3) is 0 Å². The maximum atomic E-state index is 14.4. The van der Waals surface area contributed by atoms with Gasteiger partial charge in [0.05, 0.1) is 12.2 Å². The molecule has 0 fully saturated rings. The summed E-state index contributed by atoms with van der Waals surface area (Å²) in [7, 11) is 0. The highest BCUT2D eigenvalue weighted by Crippen LogP contribution is 2.56. The molecule has 2 aromatic rings. The van der Waals surface area contributed by atoms with Crippen LogP contribution in [0.3, 0.4) is 0 Å².